The van der Waals surface area contributed by atoms with E-state index in [-0.39, 0.29) is 11.3 Å². The van der Waals surface area contributed by atoms with Crippen LogP contribution in [0.2, 0.25) is 0 Å². The van der Waals surface area contributed by atoms with Crippen molar-refractivity contribution >= 4 is 34.6 Å². The number of ether oxygens (including phenoxy) is 4. The van der Waals surface area contributed by atoms with Gasteiger partial charge < -0.3 is 18.9 Å². The summed E-state index contributed by atoms with van der Waals surface area (Å²) in [5.41, 5.74) is 3.77. The van der Waals surface area contributed by atoms with E-state index in [9.17, 15) is 4.79 Å². The lowest BCUT2D eigenvalue weighted by Crippen LogP contribution is -2.26. The van der Waals surface area contributed by atoms with Crippen LogP contribution >= 0.6 is 11.8 Å². The highest BCUT2D eigenvalue weighted by Crippen LogP contribution is 2.40. The molecule has 1 unspecified atom stereocenters. The van der Waals surface area contributed by atoms with Gasteiger partial charge in [0.2, 0.25) is 0 Å². The lowest BCUT2D eigenvalue weighted by atomic mass is 9.98. The molecule has 0 N–H and O–H groups in total. The summed E-state index contributed by atoms with van der Waals surface area (Å²) in [4.78, 5) is 17.7. The van der Waals surface area contributed by atoms with Crippen molar-refractivity contribution in [3.63, 3.8) is 0 Å². The van der Waals surface area contributed by atoms with Gasteiger partial charge in [0.1, 0.15) is 11.5 Å². The van der Waals surface area contributed by atoms with Gasteiger partial charge in [0.25, 0.3) is 0 Å². The number of aliphatic imine (C=N–C) groups is 1. The molecule has 2 aliphatic rings. The Balaban J connectivity index is 1.55. The molecule has 1 atom stereocenters. The molecule has 9 heteroatoms. The highest BCUT2D eigenvalue weighted by Gasteiger charge is 2.37. The number of hydrogen-bond donors (Lipinski definition) is 0. The van der Waals surface area contributed by atoms with Gasteiger partial charge in [-0.2, -0.15) is 10.1 Å². The summed E-state index contributed by atoms with van der Waals surface area (Å²) in [6, 6.07) is 21.1. The molecule has 0 aromatic heterocycles. The Bertz CT molecular complexity index is 1430. The second-order valence-corrected chi connectivity index (χ2v) is 9.53. The summed E-state index contributed by atoms with van der Waals surface area (Å²) in [6.07, 6.45) is 2.56. The quantitative estimate of drug-likeness (QED) is 0.362. The van der Waals surface area contributed by atoms with Crippen LogP contribution in [0.3, 0.4) is 0 Å². The number of amidine groups is 1. The number of carbonyl (C=O) groups excluding carboxylic acids is 1. The Morgan fingerprint density at radius 1 is 0.842 bits per heavy atom. The van der Waals surface area contributed by atoms with Gasteiger partial charge in [-0.15, -0.1) is 0 Å². The SMILES string of the molecule is COc1ccc(C2=NN(C3=NC(=O)S/C3=C\c3ccc(OC)c(OC)c3)C(c3ccc(OC)cc3)C2)cc1. The molecule has 0 bridgehead atoms. The number of benzene rings is 3. The molecule has 0 radical (unpaired) electrons. The lowest BCUT2D eigenvalue weighted by molar-refractivity contribution is 0.267. The zero-order valence-corrected chi connectivity index (χ0v) is 22.3. The van der Waals surface area contributed by atoms with Crippen molar-refractivity contribution in [2.45, 2.75) is 12.5 Å². The second-order valence-electron chi connectivity index (χ2n) is 8.54. The number of rotatable bonds is 7. The van der Waals surface area contributed by atoms with Crippen LogP contribution in [0.5, 0.6) is 23.0 Å². The van der Waals surface area contributed by atoms with E-state index in [1.54, 1.807) is 28.4 Å². The molecule has 38 heavy (non-hydrogen) atoms. The summed E-state index contributed by atoms with van der Waals surface area (Å²) in [5, 5.41) is 6.55. The van der Waals surface area contributed by atoms with E-state index in [4.69, 9.17) is 24.0 Å². The predicted octanol–water partition coefficient (Wildman–Crippen LogP) is 6.18. The van der Waals surface area contributed by atoms with E-state index in [2.05, 4.69) is 4.99 Å². The largest absolute Gasteiger partial charge is 0.497 e. The van der Waals surface area contributed by atoms with Crippen molar-refractivity contribution in [1.29, 1.82) is 0 Å². The zero-order chi connectivity index (χ0) is 26.6. The molecule has 0 saturated carbocycles. The standard InChI is InChI=1S/C29H27N3O5S/c1-34-21-10-6-19(7-11-21)23-17-24(20-8-12-22(35-2)13-9-20)32(31-23)28-27(38-29(33)30-28)16-18-5-14-25(36-3)26(15-18)37-4/h5-16,24H,17H2,1-4H3/b27-16-. The summed E-state index contributed by atoms with van der Waals surface area (Å²) in [7, 11) is 6.47. The van der Waals surface area contributed by atoms with Gasteiger partial charge in [-0.05, 0) is 83.1 Å². The number of carbonyl (C=O) groups is 1. The second kappa shape index (κ2) is 11.0. The zero-order valence-electron chi connectivity index (χ0n) is 21.5. The van der Waals surface area contributed by atoms with Crippen LogP contribution in [0.15, 0.2) is 81.7 Å². The van der Waals surface area contributed by atoms with Crippen LogP contribution in [0.25, 0.3) is 6.08 Å². The molecule has 3 aromatic carbocycles. The predicted molar refractivity (Wildman–Crippen MR) is 150 cm³/mol. The average molecular weight is 530 g/mol. The Kier molecular flexibility index (Phi) is 7.37. The molecule has 0 saturated heterocycles. The van der Waals surface area contributed by atoms with Crippen LogP contribution in [0, 0.1) is 0 Å². The van der Waals surface area contributed by atoms with Crippen LogP contribution in [-0.2, 0) is 0 Å². The van der Waals surface area contributed by atoms with Crippen LogP contribution in [0.1, 0.15) is 29.2 Å². The van der Waals surface area contributed by atoms with Gasteiger partial charge >= 0.3 is 5.24 Å². The maximum absolute atomic E-state index is 12.6. The van der Waals surface area contributed by atoms with E-state index in [1.807, 2.05) is 77.8 Å². The van der Waals surface area contributed by atoms with Gasteiger partial charge in [0.05, 0.1) is 45.1 Å². The van der Waals surface area contributed by atoms with Crippen LogP contribution in [0.4, 0.5) is 4.79 Å². The maximum Gasteiger partial charge on any atom is 0.311 e. The summed E-state index contributed by atoms with van der Waals surface area (Å²) >= 11 is 1.08. The molecule has 5 rings (SSSR count). The van der Waals surface area contributed by atoms with E-state index < -0.39 is 0 Å². The van der Waals surface area contributed by atoms with Gasteiger partial charge in [-0.1, -0.05) is 18.2 Å². The smallest absolute Gasteiger partial charge is 0.311 e. The van der Waals surface area contributed by atoms with E-state index in [1.165, 1.54) is 0 Å². The van der Waals surface area contributed by atoms with Crippen molar-refractivity contribution in [1.82, 2.24) is 5.01 Å². The van der Waals surface area contributed by atoms with Crippen LogP contribution in [-0.4, -0.2) is 50.2 Å². The molecular weight excluding hydrogens is 502 g/mol. The first-order valence-electron chi connectivity index (χ1n) is 11.9. The molecule has 0 aliphatic carbocycles. The number of thioether (sulfide) groups is 1. The van der Waals surface area contributed by atoms with E-state index >= 15 is 0 Å². The van der Waals surface area contributed by atoms with Gasteiger partial charge in [-0.25, -0.2) is 5.01 Å². The highest BCUT2D eigenvalue weighted by atomic mass is 32.2. The van der Waals surface area contributed by atoms with Crippen molar-refractivity contribution in [2.75, 3.05) is 28.4 Å². The Morgan fingerprint density at radius 3 is 2.13 bits per heavy atom. The number of hydrogen-bond acceptors (Lipinski definition) is 8. The van der Waals surface area contributed by atoms with Gasteiger partial charge in [0, 0.05) is 6.42 Å². The van der Waals surface area contributed by atoms with Crippen molar-refractivity contribution in [3.8, 4) is 23.0 Å². The molecular formula is C29H27N3O5S. The minimum atomic E-state index is -0.284. The summed E-state index contributed by atoms with van der Waals surface area (Å²) in [6.45, 7) is 0. The van der Waals surface area contributed by atoms with Crippen molar-refractivity contribution < 1.29 is 23.7 Å². The molecule has 194 valence electrons. The number of nitrogens with zero attached hydrogens (tertiary/aromatic N) is 3. The third kappa shape index (κ3) is 5.10. The molecule has 0 fully saturated rings. The van der Waals surface area contributed by atoms with Crippen molar-refractivity contribution in [3.05, 3.63) is 88.3 Å². The minimum Gasteiger partial charge on any atom is -0.497 e. The Hall–Kier alpha value is -4.24. The first-order valence-corrected chi connectivity index (χ1v) is 12.7. The minimum absolute atomic E-state index is 0.155. The number of hydrazone groups is 1. The maximum atomic E-state index is 12.6. The van der Waals surface area contributed by atoms with Gasteiger partial charge in [-0.3, -0.25) is 4.79 Å². The Labute approximate surface area is 225 Å². The summed E-state index contributed by atoms with van der Waals surface area (Å²) in [5.74, 6) is 3.29. The van der Waals surface area contributed by atoms with Gasteiger partial charge in [0.15, 0.2) is 17.3 Å². The first kappa shape index (κ1) is 25.4. The average Bonchev–Trinajstić information content (AvgIpc) is 3.56. The monoisotopic (exact) mass is 529 g/mol. The third-order valence-electron chi connectivity index (χ3n) is 6.37. The molecule has 1 amide bonds. The lowest BCUT2D eigenvalue weighted by Gasteiger charge is -2.24. The molecule has 2 heterocycles. The van der Waals surface area contributed by atoms with Crippen LogP contribution < -0.4 is 18.9 Å². The molecule has 0 spiro atoms. The molecule has 2 aliphatic heterocycles. The van der Waals surface area contributed by atoms with Crippen molar-refractivity contribution in [2.24, 2.45) is 10.1 Å². The molecule has 3 aromatic rings. The fraction of sp³-hybridized carbons (Fsp3) is 0.207. The topological polar surface area (TPSA) is 82.0 Å². The normalized spacial score (nSPS) is 17.9. The molecule has 8 nitrogen and oxygen atoms in total. The third-order valence-corrected chi connectivity index (χ3v) is 7.16. The number of amides is 1. The Morgan fingerprint density at radius 2 is 1.50 bits per heavy atom. The van der Waals surface area contributed by atoms with E-state index in [0.717, 1.165) is 45.7 Å². The summed E-state index contributed by atoms with van der Waals surface area (Å²) < 4.78 is 21.5. The number of methoxy groups -OCH3 is 4. The first-order chi connectivity index (χ1) is 18.5. The fourth-order valence-electron chi connectivity index (χ4n) is 4.41. The highest BCUT2D eigenvalue weighted by molar-refractivity contribution is 8.18. The van der Waals surface area contributed by atoms with E-state index in [0.29, 0.717) is 28.7 Å². The fourth-order valence-corrected chi connectivity index (χ4v) is 5.15.